The molecule has 8 nitrogen and oxygen atoms in total. The van der Waals surface area contributed by atoms with Crippen LogP contribution in [-0.2, 0) is 6.54 Å². The molecule has 0 aliphatic rings. The largest absolute Gasteiger partial charge is 0.478 e. The summed E-state index contributed by atoms with van der Waals surface area (Å²) < 4.78 is 1.83. The normalized spacial score (nSPS) is 11.1. The molecular weight excluding hydrogens is 520 g/mol. The average Bonchev–Trinajstić information content (AvgIpc) is 2.96. The number of aromatic amines is 1. The Balaban J connectivity index is 0.00000165. The summed E-state index contributed by atoms with van der Waals surface area (Å²) in [7, 11) is 0. The molecule has 0 aliphatic heterocycles. The van der Waals surface area contributed by atoms with Crippen LogP contribution < -0.4 is 10.9 Å². The molecule has 0 saturated carbocycles. The highest BCUT2D eigenvalue weighted by atomic mass is 16.4. The van der Waals surface area contributed by atoms with E-state index in [1.54, 1.807) is 18.2 Å². The first-order chi connectivity index (χ1) is 19.6. The molecule has 206 valence electrons. The van der Waals surface area contributed by atoms with Gasteiger partial charge in [0.15, 0.2) is 10.9 Å². The fourth-order valence-corrected chi connectivity index (χ4v) is 5.25. The number of fused-ring (bicyclic) bond motifs is 4. The Morgan fingerprint density at radius 3 is 1.83 bits per heavy atom. The molecule has 4 aromatic carbocycles. The van der Waals surface area contributed by atoms with Crippen molar-refractivity contribution in [3.63, 3.8) is 0 Å². The molecule has 8 heteroatoms. The molecule has 2 heterocycles. The SMILES string of the molecule is CC.Cc1ccc2[nH]c3cc4c(=O)c5cc(C)ccc5n(Cc5cc(C(=O)O)cc(C(=O)O)c5)c4cc3c(=O)c2c1. The van der Waals surface area contributed by atoms with E-state index in [-0.39, 0.29) is 28.5 Å². The maximum Gasteiger partial charge on any atom is 0.335 e. The highest BCUT2D eigenvalue weighted by molar-refractivity contribution is 6.03. The number of aryl methyl sites for hydroxylation is 2. The minimum absolute atomic E-state index is 0.0772. The summed E-state index contributed by atoms with van der Waals surface area (Å²) in [5.74, 6) is -2.49. The van der Waals surface area contributed by atoms with Crippen LogP contribution in [0.4, 0.5) is 0 Å². The van der Waals surface area contributed by atoms with Gasteiger partial charge < -0.3 is 19.8 Å². The van der Waals surface area contributed by atoms with Gasteiger partial charge in [0.1, 0.15) is 0 Å². The van der Waals surface area contributed by atoms with Gasteiger partial charge in [-0.1, -0.05) is 37.1 Å². The first kappa shape index (κ1) is 27.3. The van der Waals surface area contributed by atoms with Crippen molar-refractivity contribution >= 4 is 55.6 Å². The highest BCUT2D eigenvalue weighted by Crippen LogP contribution is 2.26. The molecule has 0 radical (unpaired) electrons. The number of carboxylic acids is 2. The molecular formula is C33H28N2O6. The number of carbonyl (C=O) groups is 2. The van der Waals surface area contributed by atoms with E-state index in [9.17, 15) is 29.4 Å². The maximum atomic E-state index is 13.7. The Labute approximate surface area is 234 Å². The monoisotopic (exact) mass is 548 g/mol. The van der Waals surface area contributed by atoms with Gasteiger partial charge in [0, 0.05) is 33.6 Å². The van der Waals surface area contributed by atoms with Crippen LogP contribution in [0, 0.1) is 13.8 Å². The number of nitrogens with zero attached hydrogens (tertiary/aromatic N) is 1. The van der Waals surface area contributed by atoms with Crippen LogP contribution in [0.1, 0.15) is 51.3 Å². The number of pyridine rings is 2. The number of nitrogens with one attached hydrogen (secondary N) is 1. The quantitative estimate of drug-likeness (QED) is 0.224. The van der Waals surface area contributed by atoms with E-state index in [1.165, 1.54) is 12.1 Å². The summed E-state index contributed by atoms with van der Waals surface area (Å²) >= 11 is 0. The lowest BCUT2D eigenvalue weighted by Gasteiger charge is -2.17. The van der Waals surface area contributed by atoms with Crippen molar-refractivity contribution in [2.75, 3.05) is 0 Å². The minimum atomic E-state index is -1.25. The maximum absolute atomic E-state index is 13.7. The molecule has 0 amide bonds. The zero-order valence-electron chi connectivity index (χ0n) is 23.0. The van der Waals surface area contributed by atoms with Gasteiger partial charge in [-0.15, -0.1) is 0 Å². The van der Waals surface area contributed by atoms with E-state index in [2.05, 4.69) is 4.98 Å². The Morgan fingerprint density at radius 1 is 0.659 bits per heavy atom. The number of carboxylic acid groups (broad SMARTS) is 2. The number of aromatic carboxylic acids is 2. The van der Waals surface area contributed by atoms with Gasteiger partial charge in [0.25, 0.3) is 0 Å². The van der Waals surface area contributed by atoms with Gasteiger partial charge in [-0.25, -0.2) is 9.59 Å². The van der Waals surface area contributed by atoms with Gasteiger partial charge in [-0.2, -0.15) is 0 Å². The second kappa shape index (κ2) is 10.4. The fourth-order valence-electron chi connectivity index (χ4n) is 5.25. The standard InChI is InChI=1S/C31H22N2O6.C2H6/c1-15-3-5-24-20(7-15)28(34)21-13-27-23(12-25(21)32-24)29(35)22-8-16(2)4-6-26(22)33(27)14-17-9-18(30(36)37)11-19(10-17)31(38)39;1-2/h3-13H,14H2,1-2H3,(H,32,34)(H,36,37)(H,38,39);1-2H3. The number of benzene rings is 4. The van der Waals surface area contributed by atoms with Crippen LogP contribution >= 0.6 is 0 Å². The lowest BCUT2D eigenvalue weighted by atomic mass is 10.0. The average molecular weight is 549 g/mol. The van der Waals surface area contributed by atoms with Crippen molar-refractivity contribution in [2.45, 2.75) is 34.2 Å². The van der Waals surface area contributed by atoms with Gasteiger partial charge in [-0.3, -0.25) is 9.59 Å². The molecule has 41 heavy (non-hydrogen) atoms. The van der Waals surface area contributed by atoms with E-state index in [1.807, 2.05) is 62.6 Å². The Morgan fingerprint density at radius 2 is 1.20 bits per heavy atom. The molecule has 3 N–H and O–H groups in total. The first-order valence-electron chi connectivity index (χ1n) is 13.2. The number of hydrogen-bond acceptors (Lipinski definition) is 4. The first-order valence-corrected chi connectivity index (χ1v) is 13.2. The van der Waals surface area contributed by atoms with E-state index in [0.717, 1.165) is 17.2 Å². The van der Waals surface area contributed by atoms with E-state index < -0.39 is 11.9 Å². The number of aromatic nitrogens is 2. The molecule has 0 atom stereocenters. The number of H-pyrrole nitrogens is 1. The van der Waals surface area contributed by atoms with Crippen LogP contribution in [0.5, 0.6) is 0 Å². The second-order valence-electron chi connectivity index (χ2n) is 9.88. The number of rotatable bonds is 4. The van der Waals surface area contributed by atoms with Crippen molar-refractivity contribution in [3.8, 4) is 0 Å². The number of hydrogen-bond donors (Lipinski definition) is 3. The van der Waals surface area contributed by atoms with E-state index in [4.69, 9.17) is 0 Å². The van der Waals surface area contributed by atoms with Crippen molar-refractivity contribution in [1.29, 1.82) is 0 Å². The van der Waals surface area contributed by atoms with Crippen LogP contribution in [0.3, 0.4) is 0 Å². The molecule has 6 rings (SSSR count). The van der Waals surface area contributed by atoms with Crippen LogP contribution in [0.25, 0.3) is 43.6 Å². The van der Waals surface area contributed by atoms with Crippen molar-refractivity contribution in [2.24, 2.45) is 0 Å². The summed E-state index contributed by atoms with van der Waals surface area (Å²) in [5.41, 5.74) is 3.86. The van der Waals surface area contributed by atoms with Crippen LogP contribution in [0.15, 0.2) is 76.3 Å². The summed E-state index contributed by atoms with van der Waals surface area (Å²) in [5, 5.41) is 20.9. The minimum Gasteiger partial charge on any atom is -0.478 e. The summed E-state index contributed by atoms with van der Waals surface area (Å²) in [6, 6.07) is 18.4. The predicted octanol–water partition coefficient (Wildman–Crippen LogP) is 6.24. The zero-order valence-corrected chi connectivity index (χ0v) is 23.0. The molecule has 0 aliphatic carbocycles. The molecule has 0 unspecified atom stereocenters. The Bertz CT molecular complexity index is 2140. The van der Waals surface area contributed by atoms with Gasteiger partial charge >= 0.3 is 11.9 Å². The smallest absolute Gasteiger partial charge is 0.335 e. The second-order valence-corrected chi connectivity index (χ2v) is 9.88. The fraction of sp³-hybridized carbons (Fsp3) is 0.152. The van der Waals surface area contributed by atoms with Gasteiger partial charge in [0.05, 0.1) is 27.7 Å². The van der Waals surface area contributed by atoms with Crippen molar-refractivity contribution in [1.82, 2.24) is 9.55 Å². The van der Waals surface area contributed by atoms with Crippen LogP contribution in [-0.4, -0.2) is 31.7 Å². The third-order valence-corrected chi connectivity index (χ3v) is 7.12. The summed E-state index contributed by atoms with van der Waals surface area (Å²) in [6.07, 6.45) is 0. The van der Waals surface area contributed by atoms with Gasteiger partial charge in [0.2, 0.25) is 0 Å². The Hall–Kier alpha value is -5.24. The Kier molecular flexibility index (Phi) is 6.92. The lowest BCUT2D eigenvalue weighted by molar-refractivity contribution is 0.0696. The van der Waals surface area contributed by atoms with Crippen LogP contribution in [0.2, 0.25) is 0 Å². The third-order valence-electron chi connectivity index (χ3n) is 7.12. The molecule has 6 aromatic rings. The lowest BCUT2D eigenvalue weighted by Crippen LogP contribution is -2.15. The third kappa shape index (κ3) is 4.74. The summed E-state index contributed by atoms with van der Waals surface area (Å²) in [4.78, 5) is 54.0. The van der Waals surface area contributed by atoms with Crippen molar-refractivity contribution in [3.05, 3.63) is 115 Å². The molecule has 0 saturated heterocycles. The summed E-state index contributed by atoms with van der Waals surface area (Å²) in [6.45, 7) is 7.87. The molecule has 0 fully saturated rings. The topological polar surface area (TPSA) is 129 Å². The van der Waals surface area contributed by atoms with Crippen molar-refractivity contribution < 1.29 is 19.8 Å². The highest BCUT2D eigenvalue weighted by Gasteiger charge is 2.17. The molecule has 0 spiro atoms. The van der Waals surface area contributed by atoms with Gasteiger partial charge in [-0.05, 0) is 74.0 Å². The van der Waals surface area contributed by atoms with E-state index in [0.29, 0.717) is 49.2 Å². The predicted molar refractivity (Wildman–Crippen MR) is 162 cm³/mol. The molecule has 0 bridgehead atoms. The zero-order chi connectivity index (χ0) is 29.6. The van der Waals surface area contributed by atoms with E-state index >= 15 is 0 Å². The molecule has 2 aromatic heterocycles.